The number of nitrogens with one attached hydrogen (secondary N) is 1. The zero-order valence-electron chi connectivity index (χ0n) is 14.2. The monoisotopic (exact) mass is 356 g/mol. The van der Waals surface area contributed by atoms with Crippen molar-refractivity contribution in [2.24, 2.45) is 0 Å². The van der Waals surface area contributed by atoms with E-state index in [4.69, 9.17) is 4.42 Å². The summed E-state index contributed by atoms with van der Waals surface area (Å²) in [6.45, 7) is 2.67. The van der Waals surface area contributed by atoms with Crippen LogP contribution in [-0.2, 0) is 17.8 Å². The summed E-state index contributed by atoms with van der Waals surface area (Å²) in [5.41, 5.74) is 2.41. The predicted molar refractivity (Wildman–Crippen MR) is 97.7 cm³/mol. The second kappa shape index (κ2) is 7.94. The first-order valence-electron chi connectivity index (χ1n) is 7.98. The number of benzene rings is 1. The normalized spacial score (nSPS) is 10.6. The van der Waals surface area contributed by atoms with E-state index in [1.807, 2.05) is 13.1 Å². The van der Waals surface area contributed by atoms with Gasteiger partial charge in [0.25, 0.3) is 0 Å². The minimum absolute atomic E-state index is 0.0887. The van der Waals surface area contributed by atoms with E-state index in [0.717, 1.165) is 16.7 Å². The summed E-state index contributed by atoms with van der Waals surface area (Å²) in [6.07, 6.45) is 2.28. The largest absolute Gasteiger partial charge is 0.467 e. The molecule has 0 aliphatic rings. The fourth-order valence-electron chi connectivity index (χ4n) is 2.30. The van der Waals surface area contributed by atoms with E-state index >= 15 is 0 Å². The fraction of sp³-hybridized carbons (Fsp3) is 0.278. The third-order valence-corrected chi connectivity index (χ3v) is 4.56. The van der Waals surface area contributed by atoms with E-state index in [9.17, 15) is 4.79 Å². The molecule has 1 aromatic carbocycles. The zero-order chi connectivity index (χ0) is 17.6. The Hall–Kier alpha value is -2.67. The highest BCUT2D eigenvalue weighted by molar-refractivity contribution is 7.09. The Kier molecular flexibility index (Phi) is 5.45. The van der Waals surface area contributed by atoms with Gasteiger partial charge in [-0.05, 0) is 24.6 Å². The lowest BCUT2D eigenvalue weighted by Gasteiger charge is -2.14. The quantitative estimate of drug-likeness (QED) is 0.705. The summed E-state index contributed by atoms with van der Waals surface area (Å²) in [5.74, 6) is 1.41. The van der Waals surface area contributed by atoms with Crippen LogP contribution in [0.5, 0.6) is 0 Å². The van der Waals surface area contributed by atoms with E-state index in [1.165, 1.54) is 22.7 Å². The van der Waals surface area contributed by atoms with Crippen LogP contribution in [0.15, 0.2) is 47.1 Å². The molecule has 3 aromatic rings. The molecule has 1 N–H and O–H groups in total. The minimum atomic E-state index is -0.0887. The Bertz CT molecular complexity index is 812. The molecule has 7 heteroatoms. The van der Waals surface area contributed by atoms with Gasteiger partial charge in [0.15, 0.2) is 0 Å². The highest BCUT2D eigenvalue weighted by Gasteiger charge is 2.13. The molecule has 0 saturated carbocycles. The number of nitrogens with zero attached hydrogens (tertiary/aromatic N) is 3. The van der Waals surface area contributed by atoms with Crippen LogP contribution < -0.4 is 10.2 Å². The first-order chi connectivity index (χ1) is 12.1. The van der Waals surface area contributed by atoms with Gasteiger partial charge in [-0.2, -0.15) is 4.37 Å². The number of aromatic nitrogens is 2. The van der Waals surface area contributed by atoms with Gasteiger partial charge in [0, 0.05) is 25.0 Å². The SMILES string of the molecule is Cc1ccc(Cc2nsc(N(C)CC(=O)NCc3ccco3)n2)cc1. The molecule has 0 atom stereocenters. The second-order valence-electron chi connectivity index (χ2n) is 5.87. The van der Waals surface area contributed by atoms with Crippen LogP contribution in [0.25, 0.3) is 0 Å². The molecule has 0 unspecified atom stereocenters. The number of amides is 1. The molecule has 0 spiro atoms. The van der Waals surface area contributed by atoms with Crippen molar-refractivity contribution in [3.63, 3.8) is 0 Å². The van der Waals surface area contributed by atoms with Gasteiger partial charge in [-0.1, -0.05) is 29.8 Å². The minimum Gasteiger partial charge on any atom is -0.467 e. The van der Waals surface area contributed by atoms with Crippen LogP contribution in [-0.4, -0.2) is 28.9 Å². The van der Waals surface area contributed by atoms with E-state index in [0.29, 0.717) is 13.0 Å². The van der Waals surface area contributed by atoms with E-state index in [2.05, 4.69) is 45.9 Å². The molecule has 6 nitrogen and oxygen atoms in total. The molecule has 0 fully saturated rings. The molecule has 25 heavy (non-hydrogen) atoms. The molecular formula is C18H20N4O2S. The van der Waals surface area contributed by atoms with Crippen LogP contribution in [0, 0.1) is 6.92 Å². The molecule has 0 aliphatic carbocycles. The Morgan fingerprint density at radius 3 is 2.80 bits per heavy atom. The van der Waals surface area contributed by atoms with Crippen LogP contribution in [0.1, 0.15) is 22.7 Å². The summed E-state index contributed by atoms with van der Waals surface area (Å²) in [7, 11) is 1.84. The first kappa shape index (κ1) is 17.2. The number of anilines is 1. The van der Waals surface area contributed by atoms with Gasteiger partial charge in [-0.25, -0.2) is 4.98 Å². The summed E-state index contributed by atoms with van der Waals surface area (Å²) in [5, 5.41) is 3.55. The molecule has 2 aromatic heterocycles. The van der Waals surface area contributed by atoms with Crippen molar-refractivity contribution in [2.75, 3.05) is 18.5 Å². The Morgan fingerprint density at radius 1 is 1.28 bits per heavy atom. The summed E-state index contributed by atoms with van der Waals surface area (Å²) in [4.78, 5) is 18.3. The number of furan rings is 1. The maximum Gasteiger partial charge on any atom is 0.239 e. The Morgan fingerprint density at radius 2 is 2.08 bits per heavy atom. The molecule has 1 amide bonds. The zero-order valence-corrected chi connectivity index (χ0v) is 15.0. The average Bonchev–Trinajstić information content (AvgIpc) is 3.27. The van der Waals surface area contributed by atoms with Crippen LogP contribution >= 0.6 is 11.5 Å². The van der Waals surface area contributed by atoms with Crippen molar-refractivity contribution in [3.05, 3.63) is 65.4 Å². The van der Waals surface area contributed by atoms with Crippen LogP contribution in [0.3, 0.4) is 0 Å². The van der Waals surface area contributed by atoms with Gasteiger partial charge in [0.05, 0.1) is 19.4 Å². The Balaban J connectivity index is 1.52. The van der Waals surface area contributed by atoms with Crippen molar-refractivity contribution < 1.29 is 9.21 Å². The molecular weight excluding hydrogens is 336 g/mol. The summed E-state index contributed by atoms with van der Waals surface area (Å²) in [6, 6.07) is 12.0. The molecule has 0 saturated heterocycles. The van der Waals surface area contributed by atoms with E-state index in [1.54, 1.807) is 17.2 Å². The number of hydrogen-bond donors (Lipinski definition) is 1. The standard InChI is InChI=1S/C18H20N4O2S/c1-13-5-7-14(8-6-13)10-16-20-18(25-21-16)22(2)12-17(23)19-11-15-4-3-9-24-15/h3-9H,10-12H2,1-2H3,(H,19,23). The lowest BCUT2D eigenvalue weighted by Crippen LogP contribution is -2.34. The summed E-state index contributed by atoms with van der Waals surface area (Å²) < 4.78 is 9.58. The number of aryl methyl sites for hydroxylation is 1. The van der Waals surface area contributed by atoms with Crippen molar-refractivity contribution in [2.45, 2.75) is 19.9 Å². The maximum atomic E-state index is 12.0. The second-order valence-corrected chi connectivity index (χ2v) is 6.60. The van der Waals surface area contributed by atoms with Crippen molar-refractivity contribution in [3.8, 4) is 0 Å². The molecule has 3 rings (SSSR count). The molecule has 130 valence electrons. The average molecular weight is 356 g/mol. The fourth-order valence-corrected chi connectivity index (χ4v) is 2.94. The highest BCUT2D eigenvalue weighted by atomic mass is 32.1. The molecule has 0 radical (unpaired) electrons. The predicted octanol–water partition coefficient (Wildman–Crippen LogP) is 2.78. The van der Waals surface area contributed by atoms with E-state index in [-0.39, 0.29) is 12.5 Å². The highest BCUT2D eigenvalue weighted by Crippen LogP contribution is 2.17. The molecule has 0 aliphatic heterocycles. The maximum absolute atomic E-state index is 12.0. The topological polar surface area (TPSA) is 71.3 Å². The van der Waals surface area contributed by atoms with Gasteiger partial charge < -0.3 is 14.6 Å². The summed E-state index contributed by atoms with van der Waals surface area (Å²) >= 11 is 1.30. The number of rotatable bonds is 7. The molecule has 0 bridgehead atoms. The van der Waals surface area contributed by atoms with Crippen LogP contribution in [0.2, 0.25) is 0 Å². The smallest absolute Gasteiger partial charge is 0.239 e. The van der Waals surface area contributed by atoms with Gasteiger partial charge in [0.2, 0.25) is 11.0 Å². The third kappa shape index (κ3) is 4.90. The number of carbonyl (C=O) groups excluding carboxylic acids is 1. The lowest BCUT2D eigenvalue weighted by molar-refractivity contribution is -0.119. The lowest BCUT2D eigenvalue weighted by atomic mass is 10.1. The Labute approximate surface area is 150 Å². The van der Waals surface area contributed by atoms with Gasteiger partial charge >= 0.3 is 0 Å². The number of carbonyl (C=O) groups is 1. The van der Waals surface area contributed by atoms with Crippen molar-refractivity contribution in [1.29, 1.82) is 0 Å². The van der Waals surface area contributed by atoms with Crippen LogP contribution in [0.4, 0.5) is 5.13 Å². The van der Waals surface area contributed by atoms with Gasteiger partial charge in [0.1, 0.15) is 11.6 Å². The number of likely N-dealkylation sites (N-methyl/N-ethyl adjacent to an activating group) is 1. The van der Waals surface area contributed by atoms with Crippen molar-refractivity contribution >= 4 is 22.6 Å². The molecule has 2 heterocycles. The third-order valence-electron chi connectivity index (χ3n) is 3.69. The van der Waals surface area contributed by atoms with Gasteiger partial charge in [-0.15, -0.1) is 0 Å². The van der Waals surface area contributed by atoms with E-state index < -0.39 is 0 Å². The van der Waals surface area contributed by atoms with Gasteiger partial charge in [-0.3, -0.25) is 4.79 Å². The number of hydrogen-bond acceptors (Lipinski definition) is 6. The first-order valence-corrected chi connectivity index (χ1v) is 8.76. The van der Waals surface area contributed by atoms with Crippen molar-refractivity contribution in [1.82, 2.24) is 14.7 Å².